The maximum absolute atomic E-state index is 15.2. The van der Waals surface area contributed by atoms with Crippen molar-refractivity contribution in [3.63, 3.8) is 0 Å². The molecule has 2 aliphatic heterocycles. The number of halogens is 7. The van der Waals surface area contributed by atoms with Gasteiger partial charge in [-0.2, -0.15) is 13.2 Å². The minimum atomic E-state index is -4.95. The Bertz CT molecular complexity index is 1170. The van der Waals surface area contributed by atoms with Gasteiger partial charge >= 0.3 is 6.18 Å². The maximum atomic E-state index is 15.2. The Morgan fingerprint density at radius 2 is 1.65 bits per heavy atom. The largest absolute Gasteiger partial charge is 0.428 e. The number of hydrogen-bond donors (Lipinski definition) is 1. The second-order valence-electron chi connectivity index (χ2n) is 8.76. The van der Waals surface area contributed by atoms with Crippen LogP contribution in [0.3, 0.4) is 0 Å². The summed E-state index contributed by atoms with van der Waals surface area (Å²) in [6.45, 7) is -0.0932. The number of nitrogens with one attached hydrogen (secondary N) is 1. The van der Waals surface area contributed by atoms with Crippen molar-refractivity contribution in [1.29, 1.82) is 0 Å². The van der Waals surface area contributed by atoms with Crippen molar-refractivity contribution in [2.75, 3.05) is 13.1 Å². The molecule has 2 fully saturated rings. The van der Waals surface area contributed by atoms with Crippen LogP contribution in [0.2, 0.25) is 10.0 Å². The first kappa shape index (κ1) is 23.4. The third-order valence-electron chi connectivity index (χ3n) is 6.34. The first-order chi connectivity index (χ1) is 15.9. The highest BCUT2D eigenvalue weighted by atomic mass is 35.5. The third-order valence-corrected chi connectivity index (χ3v) is 6.89. The van der Waals surface area contributed by atoms with Crippen molar-refractivity contribution in [3.05, 3.63) is 75.0 Å². The Morgan fingerprint density at radius 1 is 1.06 bits per heavy atom. The molecule has 1 unspecified atom stereocenters. The maximum Gasteiger partial charge on any atom is 0.428 e. The van der Waals surface area contributed by atoms with Crippen LogP contribution in [-0.4, -0.2) is 30.1 Å². The van der Waals surface area contributed by atoms with Crippen LogP contribution >= 0.6 is 23.2 Å². The molecule has 1 N–H and O–H groups in total. The van der Waals surface area contributed by atoms with Crippen LogP contribution < -0.4 is 5.48 Å². The van der Waals surface area contributed by atoms with Crippen molar-refractivity contribution in [2.24, 2.45) is 5.92 Å². The highest BCUT2D eigenvalue weighted by Gasteiger charge is 2.60. The molecular formula is C23H17Cl2F5N2O2. The van der Waals surface area contributed by atoms with Crippen LogP contribution in [0.1, 0.15) is 29.5 Å². The number of alkyl halides is 4. The van der Waals surface area contributed by atoms with Gasteiger partial charge in [-0.3, -0.25) is 15.1 Å². The van der Waals surface area contributed by atoms with Crippen LogP contribution in [0.4, 0.5) is 22.0 Å². The first-order valence-electron chi connectivity index (χ1n) is 10.4. The van der Waals surface area contributed by atoms with Crippen molar-refractivity contribution in [3.8, 4) is 0 Å². The van der Waals surface area contributed by atoms with Gasteiger partial charge in [0, 0.05) is 11.5 Å². The highest BCUT2D eigenvalue weighted by molar-refractivity contribution is 6.35. The molecule has 1 atom stereocenters. The van der Waals surface area contributed by atoms with E-state index in [-0.39, 0.29) is 30.6 Å². The number of likely N-dealkylation sites (tertiary alicyclic amines) is 1. The molecule has 2 aromatic carbocycles. The van der Waals surface area contributed by atoms with Crippen LogP contribution in [0.5, 0.6) is 0 Å². The lowest BCUT2D eigenvalue weighted by Crippen LogP contribution is -2.59. The van der Waals surface area contributed by atoms with Crippen LogP contribution in [-0.2, 0) is 20.9 Å². The summed E-state index contributed by atoms with van der Waals surface area (Å²) in [5.41, 5.74) is -2.30. The van der Waals surface area contributed by atoms with E-state index in [0.717, 1.165) is 31.1 Å². The van der Waals surface area contributed by atoms with Gasteiger partial charge in [0.15, 0.2) is 11.5 Å². The van der Waals surface area contributed by atoms with Gasteiger partial charge in [0.1, 0.15) is 0 Å². The molecule has 0 aromatic heterocycles. The zero-order valence-corrected chi connectivity index (χ0v) is 18.9. The Labute approximate surface area is 201 Å². The van der Waals surface area contributed by atoms with E-state index in [2.05, 4.69) is 5.48 Å². The predicted molar refractivity (Wildman–Crippen MR) is 115 cm³/mol. The molecule has 1 aliphatic carbocycles. The Hall–Kier alpha value is -2.36. The fourth-order valence-electron chi connectivity index (χ4n) is 4.19. The molecule has 34 heavy (non-hydrogen) atoms. The summed E-state index contributed by atoms with van der Waals surface area (Å²) in [4.78, 5) is 18.5. The Kier molecular flexibility index (Phi) is 5.38. The molecule has 0 spiro atoms. The Morgan fingerprint density at radius 3 is 2.18 bits per heavy atom. The Balaban J connectivity index is 1.41. The molecule has 2 aromatic rings. The summed E-state index contributed by atoms with van der Waals surface area (Å²) in [5, 5.41) is -1.16. The predicted octanol–water partition coefficient (Wildman–Crippen LogP) is 5.88. The fourth-order valence-corrected chi connectivity index (χ4v) is 4.68. The van der Waals surface area contributed by atoms with Crippen molar-refractivity contribution in [1.82, 2.24) is 10.4 Å². The zero-order chi connectivity index (χ0) is 24.5. The van der Waals surface area contributed by atoms with E-state index in [1.165, 1.54) is 29.2 Å². The monoisotopic (exact) mass is 518 g/mol. The van der Waals surface area contributed by atoms with Gasteiger partial charge in [0.05, 0.1) is 28.8 Å². The number of amides is 1. The molecule has 1 saturated heterocycles. The van der Waals surface area contributed by atoms with Gasteiger partial charge in [-0.05, 0) is 42.2 Å². The van der Waals surface area contributed by atoms with Crippen LogP contribution in [0, 0.1) is 11.7 Å². The SMILES string of the molecule is O=C(C1CC1)N1CC(F)(c2ccc(C3=CC(c4cc(Cl)c(F)c(Cl)c4)(C(F)(F)F)ON3)cc2)C1. The summed E-state index contributed by atoms with van der Waals surface area (Å²) >= 11 is 11.4. The van der Waals surface area contributed by atoms with Crippen molar-refractivity contribution < 1.29 is 31.6 Å². The average molecular weight is 519 g/mol. The molecule has 3 aliphatic rings. The van der Waals surface area contributed by atoms with Gasteiger partial charge in [0.2, 0.25) is 11.5 Å². The third kappa shape index (κ3) is 3.74. The van der Waals surface area contributed by atoms with Gasteiger partial charge in [0.25, 0.3) is 0 Å². The lowest BCUT2D eigenvalue weighted by Gasteiger charge is -2.45. The summed E-state index contributed by atoms with van der Waals surface area (Å²) in [6, 6.07) is 7.46. The topological polar surface area (TPSA) is 41.6 Å². The summed E-state index contributed by atoms with van der Waals surface area (Å²) in [7, 11) is 0. The van der Waals surface area contributed by atoms with Gasteiger partial charge in [-0.25, -0.2) is 8.78 Å². The minimum Gasteiger partial charge on any atom is -0.335 e. The molecule has 4 nitrogen and oxygen atoms in total. The molecule has 0 radical (unpaired) electrons. The molecule has 1 saturated carbocycles. The average Bonchev–Trinajstić information content (AvgIpc) is 3.51. The van der Waals surface area contributed by atoms with Crippen LogP contribution in [0.25, 0.3) is 5.70 Å². The molecule has 5 rings (SSSR count). The second-order valence-corrected chi connectivity index (χ2v) is 9.58. The zero-order valence-electron chi connectivity index (χ0n) is 17.4. The van der Waals surface area contributed by atoms with Crippen LogP contribution in [0.15, 0.2) is 42.5 Å². The van der Waals surface area contributed by atoms with Crippen molar-refractivity contribution >= 4 is 34.8 Å². The van der Waals surface area contributed by atoms with E-state index >= 15 is 4.39 Å². The van der Waals surface area contributed by atoms with E-state index < -0.39 is 38.9 Å². The highest BCUT2D eigenvalue weighted by Crippen LogP contribution is 2.49. The van der Waals surface area contributed by atoms with Gasteiger partial charge in [-0.15, -0.1) is 0 Å². The summed E-state index contributed by atoms with van der Waals surface area (Å²) in [5.74, 6) is -1.07. The molecule has 1 amide bonds. The first-order valence-corrected chi connectivity index (χ1v) is 11.2. The number of hydrogen-bond acceptors (Lipinski definition) is 3. The number of benzene rings is 2. The lowest BCUT2D eigenvalue weighted by molar-refractivity contribution is -0.269. The number of rotatable bonds is 4. The second kappa shape index (κ2) is 7.83. The van der Waals surface area contributed by atoms with E-state index in [0.29, 0.717) is 11.1 Å². The summed E-state index contributed by atoms with van der Waals surface area (Å²) < 4.78 is 71.3. The molecule has 11 heteroatoms. The van der Waals surface area contributed by atoms with Crippen molar-refractivity contribution in [2.45, 2.75) is 30.3 Å². The molecule has 2 heterocycles. The van der Waals surface area contributed by atoms with E-state index in [1.807, 2.05) is 0 Å². The smallest absolute Gasteiger partial charge is 0.335 e. The number of carbonyl (C=O) groups is 1. The van der Waals surface area contributed by atoms with E-state index in [4.69, 9.17) is 28.0 Å². The number of carbonyl (C=O) groups excluding carboxylic acids is 1. The standard InChI is InChI=1S/C23H17Cl2F5N2O2/c24-16-7-15(8-17(25)19(16)26)22(23(28,29)30)9-18(31-34-22)12-3-5-14(6-4-12)21(27)10-32(11-21)20(33)13-1-2-13/h3-9,13,31H,1-2,10-11H2. The molecule has 180 valence electrons. The van der Waals surface area contributed by atoms with E-state index in [9.17, 15) is 22.4 Å². The number of hydroxylamine groups is 1. The fraction of sp³-hybridized carbons (Fsp3) is 0.348. The normalized spacial score (nSPS) is 23.9. The molecular weight excluding hydrogens is 502 g/mol. The minimum absolute atomic E-state index is 0.00655. The van der Waals surface area contributed by atoms with Gasteiger partial charge < -0.3 is 4.90 Å². The number of nitrogens with zero attached hydrogens (tertiary/aromatic N) is 1. The molecule has 0 bridgehead atoms. The quantitative estimate of drug-likeness (QED) is 0.405. The van der Waals surface area contributed by atoms with E-state index in [1.54, 1.807) is 0 Å². The summed E-state index contributed by atoms with van der Waals surface area (Å²) in [6.07, 6.45) is -2.47. The lowest BCUT2D eigenvalue weighted by atomic mass is 9.86. The van der Waals surface area contributed by atoms with Gasteiger partial charge in [-0.1, -0.05) is 47.5 Å².